The van der Waals surface area contributed by atoms with Gasteiger partial charge in [0.25, 0.3) is 0 Å². The lowest BCUT2D eigenvalue weighted by Gasteiger charge is -2.08. The maximum Gasteiger partial charge on any atom is 0.177 e. The molecule has 21 heavy (non-hydrogen) atoms. The minimum absolute atomic E-state index is 0.215. The van der Waals surface area contributed by atoms with Gasteiger partial charge >= 0.3 is 0 Å². The summed E-state index contributed by atoms with van der Waals surface area (Å²) in [7, 11) is 0. The van der Waals surface area contributed by atoms with Crippen LogP contribution in [0.2, 0.25) is 0 Å². The topological polar surface area (TPSA) is 46.0 Å². The zero-order valence-electron chi connectivity index (χ0n) is 11.4. The maximum atomic E-state index is 14.2. The molecule has 0 radical (unpaired) electrons. The summed E-state index contributed by atoms with van der Waals surface area (Å²) in [5.41, 5.74) is 0.413. The summed E-state index contributed by atoms with van der Waals surface area (Å²) >= 11 is 1.24. The van der Waals surface area contributed by atoms with Gasteiger partial charge in [-0.15, -0.1) is 0 Å². The predicted octanol–water partition coefficient (Wildman–Crippen LogP) is 4.19. The molecule has 0 aliphatic carbocycles. The Kier molecular flexibility index (Phi) is 3.75. The summed E-state index contributed by atoms with van der Waals surface area (Å²) in [5, 5.41) is 11.8. The third kappa shape index (κ3) is 2.56. The molecule has 3 rings (SSSR count). The van der Waals surface area contributed by atoms with Crippen molar-refractivity contribution in [2.75, 3.05) is 0 Å². The molecule has 106 valence electrons. The number of hydrogen-bond acceptors (Lipinski definition) is 4. The average Bonchev–Trinajstić information content (AvgIpc) is 2.52. The molecule has 0 fully saturated rings. The molecule has 3 aromatic rings. The van der Waals surface area contributed by atoms with Crippen LogP contribution in [0.1, 0.15) is 12.6 Å². The highest BCUT2D eigenvalue weighted by Gasteiger charge is 2.13. The fourth-order valence-corrected chi connectivity index (χ4v) is 3.09. The highest BCUT2D eigenvalue weighted by atomic mass is 32.2. The summed E-state index contributed by atoms with van der Waals surface area (Å²) in [6.07, 6.45) is 1.91. The van der Waals surface area contributed by atoms with Gasteiger partial charge in [0.15, 0.2) is 5.82 Å². The van der Waals surface area contributed by atoms with Crippen molar-refractivity contribution in [1.82, 2.24) is 9.97 Å². The number of fused-ring (bicyclic) bond motifs is 1. The van der Waals surface area contributed by atoms with Gasteiger partial charge in [0.05, 0.1) is 5.69 Å². The first-order valence-electron chi connectivity index (χ1n) is 6.58. The van der Waals surface area contributed by atoms with Crippen LogP contribution in [0, 0.1) is 5.82 Å². The number of phenols is 1. The van der Waals surface area contributed by atoms with Gasteiger partial charge in [-0.3, -0.25) is 0 Å². The van der Waals surface area contributed by atoms with Gasteiger partial charge in [0, 0.05) is 10.3 Å². The largest absolute Gasteiger partial charge is 0.507 e. The fraction of sp³-hybridized carbons (Fsp3) is 0.125. The van der Waals surface area contributed by atoms with E-state index in [9.17, 15) is 9.50 Å². The molecule has 0 atom stereocenters. The summed E-state index contributed by atoms with van der Waals surface area (Å²) in [6.45, 7) is 1.86. The van der Waals surface area contributed by atoms with E-state index in [0.717, 1.165) is 15.7 Å². The Bertz CT molecular complexity index is 807. The molecule has 1 heterocycles. The van der Waals surface area contributed by atoms with Crippen LogP contribution in [0.3, 0.4) is 0 Å². The summed E-state index contributed by atoms with van der Waals surface area (Å²) in [4.78, 5) is 8.81. The quantitative estimate of drug-likeness (QED) is 0.737. The maximum absolute atomic E-state index is 14.2. The van der Waals surface area contributed by atoms with Crippen LogP contribution in [-0.2, 0) is 6.42 Å². The molecule has 0 aliphatic rings. The van der Waals surface area contributed by atoms with Crippen molar-refractivity contribution in [3.05, 3.63) is 54.2 Å². The fourth-order valence-electron chi connectivity index (χ4n) is 2.15. The summed E-state index contributed by atoms with van der Waals surface area (Å²) in [6, 6.07) is 10.9. The standard InChI is InChI=1S/C16H13FN2OS/c1-2-12-15(17)16(19-9-18-12)21-14-8-7-13(20)10-5-3-4-6-11(10)14/h3-9,20H,2H2,1H3. The molecular formula is C16H13FN2OS. The van der Waals surface area contributed by atoms with Crippen LogP contribution < -0.4 is 0 Å². The number of hydrogen-bond donors (Lipinski definition) is 1. The zero-order chi connectivity index (χ0) is 14.8. The van der Waals surface area contributed by atoms with Crippen molar-refractivity contribution >= 4 is 22.5 Å². The van der Waals surface area contributed by atoms with Crippen molar-refractivity contribution in [3.8, 4) is 5.75 Å². The number of phenolic OH excluding ortho intramolecular Hbond substituents is 1. The first-order valence-corrected chi connectivity index (χ1v) is 7.40. The number of aryl methyl sites for hydroxylation is 1. The SMILES string of the molecule is CCc1ncnc(Sc2ccc(O)c3ccccc23)c1F. The van der Waals surface area contributed by atoms with E-state index in [2.05, 4.69) is 9.97 Å². The smallest absolute Gasteiger partial charge is 0.177 e. The van der Waals surface area contributed by atoms with Gasteiger partial charge < -0.3 is 5.11 Å². The molecule has 0 saturated heterocycles. The van der Waals surface area contributed by atoms with Crippen LogP contribution >= 0.6 is 11.8 Å². The Morgan fingerprint density at radius 3 is 2.62 bits per heavy atom. The van der Waals surface area contributed by atoms with Crippen LogP contribution in [0.25, 0.3) is 10.8 Å². The first-order chi connectivity index (χ1) is 10.2. The van der Waals surface area contributed by atoms with E-state index in [4.69, 9.17) is 0 Å². The van der Waals surface area contributed by atoms with Crippen LogP contribution in [0.4, 0.5) is 4.39 Å². The highest BCUT2D eigenvalue weighted by molar-refractivity contribution is 7.99. The lowest BCUT2D eigenvalue weighted by molar-refractivity contribution is 0.481. The molecule has 0 amide bonds. The Labute approximate surface area is 125 Å². The highest BCUT2D eigenvalue weighted by Crippen LogP contribution is 2.37. The second kappa shape index (κ2) is 5.69. The Morgan fingerprint density at radius 1 is 1.10 bits per heavy atom. The van der Waals surface area contributed by atoms with Crippen LogP contribution in [0.5, 0.6) is 5.75 Å². The molecule has 0 spiro atoms. The molecule has 1 aromatic heterocycles. The van der Waals surface area contributed by atoms with E-state index in [1.54, 1.807) is 12.1 Å². The van der Waals surface area contributed by atoms with Crippen molar-refractivity contribution in [2.24, 2.45) is 0 Å². The number of halogens is 1. The van der Waals surface area contributed by atoms with Gasteiger partial charge in [0.2, 0.25) is 0 Å². The minimum atomic E-state index is -0.373. The molecule has 2 aromatic carbocycles. The molecule has 0 saturated carbocycles. The molecule has 1 N–H and O–H groups in total. The van der Waals surface area contributed by atoms with E-state index in [1.165, 1.54) is 18.1 Å². The second-order valence-electron chi connectivity index (χ2n) is 4.52. The third-order valence-corrected chi connectivity index (χ3v) is 4.29. The molecule has 0 unspecified atom stereocenters. The lowest BCUT2D eigenvalue weighted by atomic mass is 10.1. The Hall–Kier alpha value is -2.14. The van der Waals surface area contributed by atoms with E-state index < -0.39 is 0 Å². The van der Waals surface area contributed by atoms with E-state index in [1.807, 2.05) is 31.2 Å². The summed E-state index contributed by atoms with van der Waals surface area (Å²) < 4.78 is 14.2. The monoisotopic (exact) mass is 300 g/mol. The van der Waals surface area contributed by atoms with E-state index in [-0.39, 0.29) is 11.6 Å². The van der Waals surface area contributed by atoms with Crippen molar-refractivity contribution in [3.63, 3.8) is 0 Å². The number of rotatable bonds is 3. The van der Waals surface area contributed by atoms with Crippen molar-refractivity contribution in [1.29, 1.82) is 0 Å². The summed E-state index contributed by atoms with van der Waals surface area (Å²) in [5.74, 6) is -0.158. The minimum Gasteiger partial charge on any atom is -0.507 e. The molecule has 0 bridgehead atoms. The Morgan fingerprint density at radius 2 is 1.86 bits per heavy atom. The van der Waals surface area contributed by atoms with Gasteiger partial charge in [-0.1, -0.05) is 43.0 Å². The van der Waals surface area contributed by atoms with Gasteiger partial charge in [-0.05, 0) is 23.9 Å². The van der Waals surface area contributed by atoms with E-state index >= 15 is 0 Å². The molecule has 0 aliphatic heterocycles. The van der Waals surface area contributed by atoms with Crippen molar-refractivity contribution < 1.29 is 9.50 Å². The number of benzene rings is 2. The van der Waals surface area contributed by atoms with Gasteiger partial charge in [-0.2, -0.15) is 0 Å². The average molecular weight is 300 g/mol. The van der Waals surface area contributed by atoms with Gasteiger partial charge in [-0.25, -0.2) is 14.4 Å². The zero-order valence-corrected chi connectivity index (χ0v) is 12.2. The van der Waals surface area contributed by atoms with E-state index in [0.29, 0.717) is 17.1 Å². The predicted molar refractivity (Wildman–Crippen MR) is 81.1 cm³/mol. The molecule has 3 nitrogen and oxygen atoms in total. The van der Waals surface area contributed by atoms with Crippen LogP contribution in [-0.4, -0.2) is 15.1 Å². The van der Waals surface area contributed by atoms with Gasteiger partial charge in [0.1, 0.15) is 17.1 Å². The normalized spacial score (nSPS) is 11.0. The molecule has 5 heteroatoms. The second-order valence-corrected chi connectivity index (χ2v) is 5.55. The Balaban J connectivity index is 2.09. The third-order valence-electron chi connectivity index (χ3n) is 3.23. The lowest BCUT2D eigenvalue weighted by Crippen LogP contribution is -1.97. The molecular weight excluding hydrogens is 287 g/mol. The van der Waals surface area contributed by atoms with Crippen molar-refractivity contribution in [2.45, 2.75) is 23.3 Å². The number of aromatic hydroxyl groups is 1. The first kappa shape index (κ1) is 13.8. The number of nitrogens with zero attached hydrogens (tertiary/aromatic N) is 2. The van der Waals surface area contributed by atoms with Crippen LogP contribution in [0.15, 0.2) is 52.6 Å². The number of aromatic nitrogens is 2.